The van der Waals surface area contributed by atoms with Gasteiger partial charge < -0.3 is 15.7 Å². The van der Waals surface area contributed by atoms with Gasteiger partial charge in [-0.1, -0.05) is 6.92 Å². The van der Waals surface area contributed by atoms with E-state index in [1.165, 1.54) is 0 Å². The van der Waals surface area contributed by atoms with E-state index < -0.39 is 0 Å². The minimum atomic E-state index is -0.268. The zero-order valence-electron chi connectivity index (χ0n) is 9.62. The highest BCUT2D eigenvalue weighted by atomic mass is 16.3. The van der Waals surface area contributed by atoms with Crippen LogP contribution in [-0.4, -0.2) is 36.8 Å². The Kier molecular flexibility index (Phi) is 5.05. The summed E-state index contributed by atoms with van der Waals surface area (Å²) in [6.07, 6.45) is 1.33. The molecule has 0 aromatic rings. The maximum atomic E-state index is 11.6. The fourth-order valence-corrected chi connectivity index (χ4v) is 1.65. The van der Waals surface area contributed by atoms with E-state index in [-0.39, 0.29) is 17.9 Å². The average Bonchev–Trinajstić information content (AvgIpc) is 2.08. The van der Waals surface area contributed by atoms with Crippen LogP contribution in [0, 0.1) is 11.8 Å². The van der Waals surface area contributed by atoms with Crippen molar-refractivity contribution in [2.45, 2.75) is 32.8 Å². The average molecular weight is 214 g/mol. The third kappa shape index (κ3) is 4.18. The van der Waals surface area contributed by atoms with Crippen LogP contribution in [0.5, 0.6) is 0 Å². The molecule has 0 bridgehead atoms. The number of nitrogens with one attached hydrogen (secondary N) is 2. The van der Waals surface area contributed by atoms with Crippen molar-refractivity contribution in [1.29, 1.82) is 0 Å². The first kappa shape index (κ1) is 12.5. The highest BCUT2D eigenvalue weighted by molar-refractivity contribution is 5.78. The minimum Gasteiger partial charge on any atom is -0.393 e. The van der Waals surface area contributed by atoms with Crippen LogP contribution in [0.3, 0.4) is 0 Å². The van der Waals surface area contributed by atoms with Crippen LogP contribution in [0.1, 0.15) is 26.7 Å². The van der Waals surface area contributed by atoms with Crippen LogP contribution in [0.2, 0.25) is 0 Å². The van der Waals surface area contributed by atoms with Crippen LogP contribution in [-0.2, 0) is 4.79 Å². The molecule has 1 amide bonds. The first-order valence-corrected chi connectivity index (χ1v) is 5.77. The molecular formula is C11H22N2O2. The Bertz CT molecular complexity index is 203. The summed E-state index contributed by atoms with van der Waals surface area (Å²) >= 11 is 0. The van der Waals surface area contributed by atoms with E-state index in [0.29, 0.717) is 12.5 Å². The van der Waals surface area contributed by atoms with E-state index in [0.717, 1.165) is 25.9 Å². The van der Waals surface area contributed by atoms with E-state index >= 15 is 0 Å². The summed E-state index contributed by atoms with van der Waals surface area (Å²) in [5.41, 5.74) is 0. The van der Waals surface area contributed by atoms with Crippen molar-refractivity contribution in [3.8, 4) is 0 Å². The zero-order chi connectivity index (χ0) is 11.3. The number of hydrogen-bond acceptors (Lipinski definition) is 3. The van der Waals surface area contributed by atoms with Crippen LogP contribution in [0.4, 0.5) is 0 Å². The standard InChI is InChI=1S/C11H22N2O2/c1-8(14)4-3-5-13-11(15)9(2)10-6-12-7-10/h8-10,12,14H,3-7H2,1-2H3,(H,13,15). The molecule has 2 atom stereocenters. The molecule has 0 aliphatic carbocycles. The van der Waals surface area contributed by atoms with Crippen LogP contribution in [0.25, 0.3) is 0 Å². The lowest BCUT2D eigenvalue weighted by molar-refractivity contribution is -0.126. The van der Waals surface area contributed by atoms with Gasteiger partial charge >= 0.3 is 0 Å². The summed E-state index contributed by atoms with van der Waals surface area (Å²) in [6, 6.07) is 0. The molecule has 2 unspecified atom stereocenters. The Morgan fingerprint density at radius 1 is 1.53 bits per heavy atom. The Labute approximate surface area is 91.4 Å². The first-order chi connectivity index (χ1) is 7.11. The number of amides is 1. The van der Waals surface area contributed by atoms with Crippen LogP contribution >= 0.6 is 0 Å². The molecule has 0 spiro atoms. The number of aliphatic hydroxyl groups excluding tert-OH is 1. The van der Waals surface area contributed by atoms with Gasteiger partial charge in [-0.3, -0.25) is 4.79 Å². The van der Waals surface area contributed by atoms with E-state index in [9.17, 15) is 4.79 Å². The monoisotopic (exact) mass is 214 g/mol. The molecule has 0 aromatic carbocycles. The van der Waals surface area contributed by atoms with Gasteiger partial charge in [0.25, 0.3) is 0 Å². The molecule has 1 saturated heterocycles. The summed E-state index contributed by atoms with van der Waals surface area (Å²) in [4.78, 5) is 11.6. The summed E-state index contributed by atoms with van der Waals surface area (Å²) in [7, 11) is 0. The second-order valence-electron chi connectivity index (χ2n) is 4.49. The van der Waals surface area contributed by atoms with Crippen molar-refractivity contribution in [2.75, 3.05) is 19.6 Å². The van der Waals surface area contributed by atoms with E-state index in [2.05, 4.69) is 10.6 Å². The summed E-state index contributed by atoms with van der Waals surface area (Å²) in [5, 5.41) is 15.1. The normalized spacial score (nSPS) is 20.5. The molecule has 3 N–H and O–H groups in total. The molecule has 1 fully saturated rings. The maximum absolute atomic E-state index is 11.6. The van der Waals surface area contributed by atoms with Crippen molar-refractivity contribution >= 4 is 5.91 Å². The van der Waals surface area contributed by atoms with Crippen molar-refractivity contribution in [3.05, 3.63) is 0 Å². The van der Waals surface area contributed by atoms with Gasteiger partial charge in [0, 0.05) is 12.5 Å². The molecule has 1 aliphatic heterocycles. The van der Waals surface area contributed by atoms with Crippen molar-refractivity contribution in [1.82, 2.24) is 10.6 Å². The van der Waals surface area contributed by atoms with Gasteiger partial charge in [0.2, 0.25) is 5.91 Å². The summed E-state index contributed by atoms with van der Waals surface area (Å²) in [6.45, 7) is 6.35. The van der Waals surface area contributed by atoms with Crippen molar-refractivity contribution in [3.63, 3.8) is 0 Å². The number of carbonyl (C=O) groups is 1. The third-order valence-corrected chi connectivity index (χ3v) is 3.03. The molecule has 0 radical (unpaired) electrons. The fourth-order valence-electron chi connectivity index (χ4n) is 1.65. The molecule has 1 aliphatic rings. The largest absolute Gasteiger partial charge is 0.393 e. The van der Waals surface area contributed by atoms with E-state index in [4.69, 9.17) is 5.11 Å². The molecule has 0 saturated carbocycles. The Balaban J connectivity index is 2.07. The first-order valence-electron chi connectivity index (χ1n) is 5.77. The molecular weight excluding hydrogens is 192 g/mol. The lowest BCUT2D eigenvalue weighted by atomic mass is 9.88. The molecule has 88 valence electrons. The van der Waals surface area contributed by atoms with Crippen molar-refractivity contribution < 1.29 is 9.90 Å². The Morgan fingerprint density at radius 3 is 2.67 bits per heavy atom. The lowest BCUT2D eigenvalue weighted by Gasteiger charge is -2.31. The number of carbonyl (C=O) groups excluding carboxylic acids is 1. The second kappa shape index (κ2) is 6.08. The fraction of sp³-hybridized carbons (Fsp3) is 0.909. The summed E-state index contributed by atoms with van der Waals surface area (Å²) in [5.74, 6) is 0.756. The predicted octanol–water partition coefficient (Wildman–Crippen LogP) is 0.119. The van der Waals surface area contributed by atoms with Gasteiger partial charge in [0.05, 0.1) is 6.10 Å². The molecule has 4 nitrogen and oxygen atoms in total. The summed E-state index contributed by atoms with van der Waals surface area (Å²) < 4.78 is 0. The molecule has 4 heteroatoms. The number of hydrogen-bond donors (Lipinski definition) is 3. The van der Waals surface area contributed by atoms with Crippen LogP contribution in [0.15, 0.2) is 0 Å². The van der Waals surface area contributed by atoms with Crippen LogP contribution < -0.4 is 10.6 Å². The molecule has 15 heavy (non-hydrogen) atoms. The number of aliphatic hydroxyl groups is 1. The van der Waals surface area contributed by atoms with Gasteiger partial charge in [-0.15, -0.1) is 0 Å². The van der Waals surface area contributed by atoms with Gasteiger partial charge in [-0.2, -0.15) is 0 Å². The smallest absolute Gasteiger partial charge is 0.223 e. The SMILES string of the molecule is CC(O)CCCNC(=O)C(C)C1CNC1. The Hall–Kier alpha value is -0.610. The zero-order valence-corrected chi connectivity index (χ0v) is 9.62. The quantitative estimate of drug-likeness (QED) is 0.550. The third-order valence-electron chi connectivity index (χ3n) is 3.03. The van der Waals surface area contributed by atoms with Gasteiger partial charge in [0.1, 0.15) is 0 Å². The predicted molar refractivity (Wildman–Crippen MR) is 59.4 cm³/mol. The van der Waals surface area contributed by atoms with E-state index in [1.54, 1.807) is 6.92 Å². The van der Waals surface area contributed by atoms with E-state index in [1.807, 2.05) is 6.92 Å². The highest BCUT2D eigenvalue weighted by Gasteiger charge is 2.28. The van der Waals surface area contributed by atoms with Crippen molar-refractivity contribution in [2.24, 2.45) is 11.8 Å². The maximum Gasteiger partial charge on any atom is 0.223 e. The topological polar surface area (TPSA) is 61.4 Å². The Morgan fingerprint density at radius 2 is 2.20 bits per heavy atom. The van der Waals surface area contributed by atoms with Gasteiger partial charge in [0.15, 0.2) is 0 Å². The number of rotatable bonds is 6. The second-order valence-corrected chi connectivity index (χ2v) is 4.49. The molecule has 1 heterocycles. The minimum absolute atomic E-state index is 0.109. The lowest BCUT2D eigenvalue weighted by Crippen LogP contribution is -2.49. The molecule has 1 rings (SSSR count). The van der Waals surface area contributed by atoms with Gasteiger partial charge in [-0.05, 0) is 38.8 Å². The van der Waals surface area contributed by atoms with Gasteiger partial charge in [-0.25, -0.2) is 0 Å². The molecule has 0 aromatic heterocycles. The highest BCUT2D eigenvalue weighted by Crippen LogP contribution is 2.15.